The molecule has 118 valence electrons. The Bertz CT molecular complexity index is 699. The zero-order chi connectivity index (χ0) is 15.9. The summed E-state index contributed by atoms with van der Waals surface area (Å²) < 4.78 is 18.5. The van der Waals surface area contributed by atoms with Gasteiger partial charge in [-0.05, 0) is 39.0 Å². The van der Waals surface area contributed by atoms with Gasteiger partial charge in [0, 0.05) is 25.4 Å². The van der Waals surface area contributed by atoms with Crippen molar-refractivity contribution in [2.24, 2.45) is 5.92 Å². The summed E-state index contributed by atoms with van der Waals surface area (Å²) in [6.45, 7) is 6.90. The number of amides is 1. The van der Waals surface area contributed by atoms with Crippen molar-refractivity contribution < 1.29 is 13.9 Å². The topological polar surface area (TPSA) is 58.2 Å². The molecule has 0 bridgehead atoms. The summed E-state index contributed by atoms with van der Waals surface area (Å²) in [5, 5.41) is 0. The number of carbonyl (C=O) groups is 1. The number of carbonyl (C=O) groups excluding carboxylic acids is 1. The number of hydrogen-bond acceptors (Lipinski definition) is 3. The monoisotopic (exact) mass is 305 g/mol. The Morgan fingerprint density at radius 2 is 2.18 bits per heavy atom. The maximum Gasteiger partial charge on any atom is 0.410 e. The van der Waals surface area contributed by atoms with Gasteiger partial charge in [0.25, 0.3) is 0 Å². The number of H-pyrrole nitrogens is 1. The highest BCUT2D eigenvalue weighted by Crippen LogP contribution is 2.23. The molecule has 1 fully saturated rings. The molecule has 2 aromatic rings. The predicted octanol–water partition coefficient (Wildman–Crippen LogP) is 3.11. The number of nitrogens with zero attached hydrogens (tertiary/aromatic N) is 2. The zero-order valence-corrected chi connectivity index (χ0v) is 13.0. The number of aromatic nitrogens is 2. The lowest BCUT2D eigenvalue weighted by molar-refractivity contribution is -0.00111. The number of imidazole rings is 1. The normalized spacial score (nSPS) is 15.9. The molecule has 0 atom stereocenters. The molecule has 1 aliphatic rings. The van der Waals surface area contributed by atoms with Crippen LogP contribution in [0.1, 0.15) is 26.6 Å². The quantitative estimate of drug-likeness (QED) is 0.927. The second-order valence-electron chi connectivity index (χ2n) is 6.80. The van der Waals surface area contributed by atoms with Gasteiger partial charge in [0.15, 0.2) is 0 Å². The zero-order valence-electron chi connectivity index (χ0n) is 13.0. The van der Waals surface area contributed by atoms with Crippen LogP contribution >= 0.6 is 0 Å². The number of aromatic amines is 1. The molecule has 5 nitrogen and oxygen atoms in total. The third-order valence-corrected chi connectivity index (χ3v) is 3.58. The van der Waals surface area contributed by atoms with Crippen LogP contribution in [-0.4, -0.2) is 39.7 Å². The van der Waals surface area contributed by atoms with Gasteiger partial charge in [-0.15, -0.1) is 0 Å². The fourth-order valence-corrected chi connectivity index (χ4v) is 2.58. The molecule has 0 spiro atoms. The van der Waals surface area contributed by atoms with E-state index in [1.54, 1.807) is 11.0 Å². The van der Waals surface area contributed by atoms with E-state index >= 15 is 0 Å². The van der Waals surface area contributed by atoms with Crippen molar-refractivity contribution >= 4 is 17.1 Å². The number of halogens is 1. The number of likely N-dealkylation sites (tertiary alicyclic amines) is 1. The lowest BCUT2D eigenvalue weighted by Gasteiger charge is -2.39. The van der Waals surface area contributed by atoms with Gasteiger partial charge in [-0.25, -0.2) is 14.2 Å². The first-order valence-electron chi connectivity index (χ1n) is 7.42. The standard InChI is InChI=1S/C16H20FN3O2/c1-16(2,3)22-15(21)20-8-10(9-20)6-14-18-12-5-4-11(17)7-13(12)19-14/h4-5,7,10H,6,8-9H2,1-3H3,(H,18,19). The largest absolute Gasteiger partial charge is 0.444 e. The average Bonchev–Trinajstić information content (AvgIpc) is 2.72. The molecule has 0 radical (unpaired) electrons. The smallest absolute Gasteiger partial charge is 0.410 e. The highest BCUT2D eigenvalue weighted by molar-refractivity contribution is 5.75. The molecule has 1 aromatic carbocycles. The Hall–Kier alpha value is -2.11. The Kier molecular flexibility index (Phi) is 3.54. The van der Waals surface area contributed by atoms with Crippen LogP contribution in [0.2, 0.25) is 0 Å². The van der Waals surface area contributed by atoms with E-state index in [1.165, 1.54) is 12.1 Å². The first-order valence-corrected chi connectivity index (χ1v) is 7.42. The maximum absolute atomic E-state index is 13.2. The first-order chi connectivity index (χ1) is 10.3. The van der Waals surface area contributed by atoms with Crippen LogP contribution in [0.4, 0.5) is 9.18 Å². The van der Waals surface area contributed by atoms with Crippen LogP contribution in [0.5, 0.6) is 0 Å². The van der Waals surface area contributed by atoms with Crippen LogP contribution in [-0.2, 0) is 11.2 Å². The summed E-state index contributed by atoms with van der Waals surface area (Å²) in [4.78, 5) is 21.1. The molecule has 1 aromatic heterocycles. The minimum Gasteiger partial charge on any atom is -0.444 e. The van der Waals surface area contributed by atoms with E-state index in [9.17, 15) is 9.18 Å². The third-order valence-electron chi connectivity index (χ3n) is 3.58. The Balaban J connectivity index is 1.56. The van der Waals surface area contributed by atoms with Gasteiger partial charge in [0.1, 0.15) is 17.2 Å². The van der Waals surface area contributed by atoms with Crippen LogP contribution in [0.15, 0.2) is 18.2 Å². The summed E-state index contributed by atoms with van der Waals surface area (Å²) in [5.74, 6) is 0.912. The van der Waals surface area contributed by atoms with Crippen molar-refractivity contribution in [3.05, 3.63) is 29.8 Å². The van der Waals surface area contributed by atoms with Crippen molar-refractivity contribution in [2.45, 2.75) is 32.8 Å². The van der Waals surface area contributed by atoms with Crippen molar-refractivity contribution in [1.29, 1.82) is 0 Å². The lowest BCUT2D eigenvalue weighted by atomic mass is 9.97. The van der Waals surface area contributed by atoms with E-state index in [0.29, 0.717) is 24.5 Å². The third kappa shape index (κ3) is 3.21. The summed E-state index contributed by atoms with van der Waals surface area (Å²) in [5.41, 5.74) is 1.00. The Labute approximate surface area is 128 Å². The molecule has 1 aliphatic heterocycles. The summed E-state index contributed by atoms with van der Waals surface area (Å²) in [6, 6.07) is 4.51. The second-order valence-corrected chi connectivity index (χ2v) is 6.80. The number of ether oxygens (including phenoxy) is 1. The number of nitrogens with one attached hydrogen (secondary N) is 1. The van der Waals surface area contributed by atoms with Crippen LogP contribution in [0, 0.1) is 11.7 Å². The molecular formula is C16H20FN3O2. The molecule has 0 unspecified atom stereocenters. The Morgan fingerprint density at radius 3 is 2.86 bits per heavy atom. The molecule has 6 heteroatoms. The highest BCUT2D eigenvalue weighted by atomic mass is 19.1. The Morgan fingerprint density at radius 1 is 1.45 bits per heavy atom. The van der Waals surface area contributed by atoms with Crippen molar-refractivity contribution in [3.63, 3.8) is 0 Å². The van der Waals surface area contributed by atoms with Crippen molar-refractivity contribution in [2.75, 3.05) is 13.1 Å². The summed E-state index contributed by atoms with van der Waals surface area (Å²) in [6.07, 6.45) is 0.478. The first kappa shape index (κ1) is 14.8. The highest BCUT2D eigenvalue weighted by Gasteiger charge is 2.34. The SMILES string of the molecule is CC(C)(C)OC(=O)N1CC(Cc2nc3ccc(F)cc3[nH]2)C1. The number of hydrogen-bond donors (Lipinski definition) is 1. The van der Waals surface area contributed by atoms with E-state index in [1.807, 2.05) is 20.8 Å². The van der Waals surface area contributed by atoms with E-state index in [2.05, 4.69) is 9.97 Å². The summed E-state index contributed by atoms with van der Waals surface area (Å²) in [7, 11) is 0. The van der Waals surface area contributed by atoms with Crippen LogP contribution in [0.3, 0.4) is 0 Å². The molecule has 0 aliphatic carbocycles. The number of benzene rings is 1. The van der Waals surface area contributed by atoms with Crippen LogP contribution < -0.4 is 0 Å². The van der Waals surface area contributed by atoms with E-state index in [4.69, 9.17) is 4.74 Å². The molecule has 2 heterocycles. The van der Waals surface area contributed by atoms with Gasteiger partial charge in [-0.3, -0.25) is 0 Å². The van der Waals surface area contributed by atoms with Gasteiger partial charge in [0.05, 0.1) is 11.0 Å². The number of fused-ring (bicyclic) bond motifs is 1. The van der Waals surface area contributed by atoms with Gasteiger partial charge < -0.3 is 14.6 Å². The van der Waals surface area contributed by atoms with E-state index in [0.717, 1.165) is 17.8 Å². The molecule has 3 rings (SSSR count). The molecular weight excluding hydrogens is 285 g/mol. The fourth-order valence-electron chi connectivity index (χ4n) is 2.58. The van der Waals surface area contributed by atoms with Gasteiger partial charge in [-0.1, -0.05) is 0 Å². The van der Waals surface area contributed by atoms with Gasteiger partial charge in [-0.2, -0.15) is 0 Å². The fraction of sp³-hybridized carbons (Fsp3) is 0.500. The molecule has 22 heavy (non-hydrogen) atoms. The van der Waals surface area contributed by atoms with Crippen molar-refractivity contribution in [1.82, 2.24) is 14.9 Å². The molecule has 1 amide bonds. The number of rotatable bonds is 2. The maximum atomic E-state index is 13.2. The molecule has 0 saturated carbocycles. The minimum absolute atomic E-state index is 0.268. The minimum atomic E-state index is -0.467. The average molecular weight is 305 g/mol. The molecule has 1 N–H and O–H groups in total. The molecule has 1 saturated heterocycles. The second kappa shape index (κ2) is 5.26. The van der Waals surface area contributed by atoms with E-state index in [-0.39, 0.29) is 11.9 Å². The van der Waals surface area contributed by atoms with Gasteiger partial charge in [0.2, 0.25) is 0 Å². The lowest BCUT2D eigenvalue weighted by Crippen LogP contribution is -2.52. The van der Waals surface area contributed by atoms with Crippen LogP contribution in [0.25, 0.3) is 11.0 Å². The summed E-state index contributed by atoms with van der Waals surface area (Å²) >= 11 is 0. The van der Waals surface area contributed by atoms with Crippen molar-refractivity contribution in [3.8, 4) is 0 Å². The predicted molar refractivity (Wildman–Crippen MR) is 81.1 cm³/mol. The van der Waals surface area contributed by atoms with Gasteiger partial charge >= 0.3 is 6.09 Å². The van der Waals surface area contributed by atoms with E-state index < -0.39 is 5.60 Å².